The monoisotopic (exact) mass is 319 g/mol. The Labute approximate surface area is 136 Å². The van der Waals surface area contributed by atoms with E-state index >= 15 is 0 Å². The van der Waals surface area contributed by atoms with Gasteiger partial charge in [0.15, 0.2) is 5.69 Å². The second-order valence-electron chi connectivity index (χ2n) is 5.79. The Hall–Kier alpha value is -3.40. The predicted octanol–water partition coefficient (Wildman–Crippen LogP) is 1.49. The number of rotatable bonds is 1. The molecule has 7 heteroatoms. The van der Waals surface area contributed by atoms with Crippen molar-refractivity contribution in [3.8, 4) is 6.07 Å². The summed E-state index contributed by atoms with van der Waals surface area (Å²) >= 11 is 0. The van der Waals surface area contributed by atoms with Gasteiger partial charge >= 0.3 is 0 Å². The van der Waals surface area contributed by atoms with Gasteiger partial charge in [-0.05, 0) is 31.0 Å². The fourth-order valence-electron chi connectivity index (χ4n) is 3.22. The van der Waals surface area contributed by atoms with Crippen LogP contribution in [0.1, 0.15) is 28.5 Å². The normalized spacial score (nSPS) is 16.2. The smallest absolute Gasteiger partial charge is 0.279 e. The number of amides is 1. The van der Waals surface area contributed by atoms with Crippen LogP contribution in [-0.2, 0) is 6.42 Å². The van der Waals surface area contributed by atoms with Crippen LogP contribution in [0, 0.1) is 11.3 Å². The molecule has 0 aliphatic carbocycles. The number of nitriles is 1. The van der Waals surface area contributed by atoms with Crippen molar-refractivity contribution in [2.45, 2.75) is 19.4 Å². The fourth-order valence-corrected chi connectivity index (χ4v) is 3.22. The lowest BCUT2D eigenvalue weighted by Gasteiger charge is -2.21. The summed E-state index contributed by atoms with van der Waals surface area (Å²) in [5.74, 6) is -0.278. The van der Waals surface area contributed by atoms with Gasteiger partial charge in [0.2, 0.25) is 0 Å². The quantitative estimate of drug-likeness (QED) is 0.735. The molecule has 0 radical (unpaired) electrons. The SMILES string of the molecule is CC1Cc2c(C#N)cccc2N1C(=O)c1cc2c(=O)[nH]ccn2n1. The van der Waals surface area contributed by atoms with Crippen molar-refractivity contribution < 1.29 is 4.79 Å². The molecule has 0 saturated heterocycles. The maximum Gasteiger partial charge on any atom is 0.279 e. The molecule has 0 bridgehead atoms. The van der Waals surface area contributed by atoms with Crippen molar-refractivity contribution in [3.05, 3.63) is 63.8 Å². The summed E-state index contributed by atoms with van der Waals surface area (Å²) in [4.78, 5) is 29.0. The summed E-state index contributed by atoms with van der Waals surface area (Å²) in [6.45, 7) is 1.93. The highest BCUT2D eigenvalue weighted by atomic mass is 16.2. The van der Waals surface area contributed by atoms with Crippen molar-refractivity contribution >= 4 is 17.1 Å². The van der Waals surface area contributed by atoms with E-state index in [1.165, 1.54) is 16.8 Å². The molecule has 1 amide bonds. The van der Waals surface area contributed by atoms with Crippen LogP contribution >= 0.6 is 0 Å². The van der Waals surface area contributed by atoms with E-state index in [1.807, 2.05) is 13.0 Å². The Kier molecular flexibility index (Phi) is 3.00. The summed E-state index contributed by atoms with van der Waals surface area (Å²) in [6, 6.07) is 8.94. The highest BCUT2D eigenvalue weighted by Crippen LogP contribution is 2.35. The van der Waals surface area contributed by atoms with Gasteiger partial charge in [0.05, 0.1) is 11.6 Å². The van der Waals surface area contributed by atoms with Crippen LogP contribution in [0.2, 0.25) is 0 Å². The highest BCUT2D eigenvalue weighted by molar-refractivity contribution is 6.07. The number of aromatic amines is 1. The number of carbonyl (C=O) groups excluding carboxylic acids is 1. The minimum absolute atomic E-state index is 0.0786. The number of nitrogens with zero attached hydrogens (tertiary/aromatic N) is 4. The van der Waals surface area contributed by atoms with Crippen molar-refractivity contribution in [2.24, 2.45) is 0 Å². The molecule has 4 rings (SSSR count). The summed E-state index contributed by atoms with van der Waals surface area (Å²) in [6.07, 6.45) is 3.69. The first-order chi connectivity index (χ1) is 11.6. The standard InChI is InChI=1S/C17H13N5O2/c1-10-7-12-11(9-18)3-2-4-14(12)22(10)17(24)13-8-15-16(23)19-5-6-21(15)20-13/h2-6,8,10H,7H2,1H3,(H,19,23). The lowest BCUT2D eigenvalue weighted by Crippen LogP contribution is -2.36. The molecule has 3 aromatic rings. The molecule has 3 heterocycles. The topological polar surface area (TPSA) is 94.3 Å². The molecular weight excluding hydrogens is 306 g/mol. The van der Waals surface area contributed by atoms with E-state index in [9.17, 15) is 14.9 Å². The van der Waals surface area contributed by atoms with E-state index in [2.05, 4.69) is 16.2 Å². The van der Waals surface area contributed by atoms with Crippen LogP contribution in [0.3, 0.4) is 0 Å². The second kappa shape index (κ2) is 5.06. The number of nitrogens with one attached hydrogen (secondary N) is 1. The molecule has 0 spiro atoms. The molecule has 1 N–H and O–H groups in total. The Morgan fingerprint density at radius 3 is 3.04 bits per heavy atom. The number of H-pyrrole nitrogens is 1. The van der Waals surface area contributed by atoms with E-state index in [-0.39, 0.29) is 23.2 Å². The Balaban J connectivity index is 1.82. The van der Waals surface area contributed by atoms with Crippen LogP contribution in [0.15, 0.2) is 41.5 Å². The number of hydrogen-bond acceptors (Lipinski definition) is 4. The fraction of sp³-hybridized carbons (Fsp3) is 0.176. The van der Waals surface area contributed by atoms with Crippen LogP contribution in [0.25, 0.3) is 5.52 Å². The minimum atomic E-state index is -0.300. The molecule has 1 atom stereocenters. The van der Waals surface area contributed by atoms with Crippen molar-refractivity contribution in [1.82, 2.24) is 14.6 Å². The zero-order valence-electron chi connectivity index (χ0n) is 12.9. The number of benzene rings is 1. The third kappa shape index (κ3) is 1.93. The summed E-state index contributed by atoms with van der Waals surface area (Å²) in [5.41, 5.74) is 2.42. The molecule has 0 saturated carbocycles. The summed E-state index contributed by atoms with van der Waals surface area (Å²) in [5, 5.41) is 13.5. The summed E-state index contributed by atoms with van der Waals surface area (Å²) < 4.78 is 1.39. The number of hydrogen-bond donors (Lipinski definition) is 1. The van der Waals surface area contributed by atoms with Gasteiger partial charge in [-0.2, -0.15) is 10.4 Å². The number of anilines is 1. The minimum Gasteiger partial charge on any atom is -0.326 e. The van der Waals surface area contributed by atoms with Crippen molar-refractivity contribution in [3.63, 3.8) is 0 Å². The maximum absolute atomic E-state index is 13.0. The first kappa shape index (κ1) is 14.2. The van der Waals surface area contributed by atoms with Gasteiger partial charge in [0, 0.05) is 30.2 Å². The van der Waals surface area contributed by atoms with Gasteiger partial charge < -0.3 is 9.88 Å². The van der Waals surface area contributed by atoms with E-state index in [1.54, 1.807) is 23.2 Å². The van der Waals surface area contributed by atoms with E-state index in [0.717, 1.165) is 11.3 Å². The third-order valence-corrected chi connectivity index (χ3v) is 4.31. The molecule has 0 fully saturated rings. The zero-order chi connectivity index (χ0) is 16.8. The first-order valence-electron chi connectivity index (χ1n) is 7.53. The highest BCUT2D eigenvalue weighted by Gasteiger charge is 2.34. The molecule has 118 valence electrons. The molecule has 1 unspecified atom stereocenters. The van der Waals surface area contributed by atoms with Gasteiger partial charge in [0.25, 0.3) is 11.5 Å². The number of carbonyl (C=O) groups is 1. The molecule has 7 nitrogen and oxygen atoms in total. The van der Waals surface area contributed by atoms with Crippen LogP contribution in [-0.4, -0.2) is 26.5 Å². The van der Waals surface area contributed by atoms with Crippen molar-refractivity contribution in [1.29, 1.82) is 5.26 Å². The number of fused-ring (bicyclic) bond motifs is 2. The van der Waals surface area contributed by atoms with E-state index in [4.69, 9.17) is 0 Å². The predicted molar refractivity (Wildman–Crippen MR) is 86.9 cm³/mol. The molecule has 1 aromatic carbocycles. The molecule has 1 aliphatic heterocycles. The number of aromatic nitrogens is 3. The first-order valence-corrected chi connectivity index (χ1v) is 7.53. The Bertz CT molecular complexity index is 1070. The molecular formula is C17H13N5O2. The van der Waals surface area contributed by atoms with Gasteiger partial charge in [-0.25, -0.2) is 4.52 Å². The van der Waals surface area contributed by atoms with Gasteiger partial charge in [-0.15, -0.1) is 0 Å². The van der Waals surface area contributed by atoms with Gasteiger partial charge in [-0.3, -0.25) is 9.59 Å². The average molecular weight is 319 g/mol. The lowest BCUT2D eigenvalue weighted by atomic mass is 10.0. The van der Waals surface area contributed by atoms with Gasteiger partial charge in [0.1, 0.15) is 5.52 Å². The zero-order valence-corrected chi connectivity index (χ0v) is 12.9. The average Bonchev–Trinajstić information content (AvgIpc) is 3.15. The van der Waals surface area contributed by atoms with E-state index < -0.39 is 0 Å². The summed E-state index contributed by atoms with van der Waals surface area (Å²) in [7, 11) is 0. The molecule has 1 aliphatic rings. The molecule has 2 aromatic heterocycles. The third-order valence-electron chi connectivity index (χ3n) is 4.31. The van der Waals surface area contributed by atoms with Gasteiger partial charge in [-0.1, -0.05) is 6.07 Å². The van der Waals surface area contributed by atoms with Crippen LogP contribution in [0.5, 0.6) is 0 Å². The van der Waals surface area contributed by atoms with Crippen molar-refractivity contribution in [2.75, 3.05) is 4.90 Å². The lowest BCUT2D eigenvalue weighted by molar-refractivity contribution is 0.0976. The van der Waals surface area contributed by atoms with E-state index in [0.29, 0.717) is 17.5 Å². The largest absolute Gasteiger partial charge is 0.326 e. The van der Waals surface area contributed by atoms with Crippen LogP contribution in [0.4, 0.5) is 5.69 Å². The maximum atomic E-state index is 13.0. The second-order valence-corrected chi connectivity index (χ2v) is 5.79. The molecule has 24 heavy (non-hydrogen) atoms. The Morgan fingerprint density at radius 1 is 1.46 bits per heavy atom. The Morgan fingerprint density at radius 2 is 2.29 bits per heavy atom. The van der Waals surface area contributed by atoms with Crippen LogP contribution < -0.4 is 10.5 Å².